The molecule has 6 heteroatoms. The van der Waals surface area contributed by atoms with E-state index in [0.717, 1.165) is 28.6 Å². The summed E-state index contributed by atoms with van der Waals surface area (Å²) in [7, 11) is 3.13. The van der Waals surface area contributed by atoms with Crippen LogP contribution in [0.5, 0.6) is 11.5 Å². The third kappa shape index (κ3) is 5.38. The van der Waals surface area contributed by atoms with Crippen LogP contribution in [0.2, 0.25) is 0 Å². The van der Waals surface area contributed by atoms with Gasteiger partial charge in [0.25, 0.3) is 5.56 Å². The molecule has 3 aromatic carbocycles. The van der Waals surface area contributed by atoms with Gasteiger partial charge < -0.3 is 14.8 Å². The van der Waals surface area contributed by atoms with E-state index in [1.54, 1.807) is 20.3 Å². The highest BCUT2D eigenvalue weighted by atomic mass is 16.5. The highest BCUT2D eigenvalue weighted by Crippen LogP contribution is 2.32. The molecule has 0 atom stereocenters. The van der Waals surface area contributed by atoms with Crippen LogP contribution in [0.15, 0.2) is 71.5 Å². The number of methoxy groups -OCH3 is 2. The SMILES string of the molecule is COc1cc2cc(CCc3ccc(C)cc3)c(=O)n(CC(=O)Nc3ccccc3C)c2cc1OC. The number of nitrogens with zero attached hydrogens (tertiary/aromatic N) is 1. The highest BCUT2D eigenvalue weighted by Gasteiger charge is 2.16. The fourth-order valence-corrected chi connectivity index (χ4v) is 4.18. The number of hydrogen-bond acceptors (Lipinski definition) is 4. The van der Waals surface area contributed by atoms with Crippen LogP contribution >= 0.6 is 0 Å². The molecule has 1 heterocycles. The molecule has 0 saturated heterocycles. The highest BCUT2D eigenvalue weighted by molar-refractivity contribution is 5.93. The van der Waals surface area contributed by atoms with E-state index in [0.29, 0.717) is 29.0 Å². The number of pyridine rings is 1. The average molecular weight is 471 g/mol. The second kappa shape index (κ2) is 10.5. The molecule has 0 saturated carbocycles. The first kappa shape index (κ1) is 24.1. The summed E-state index contributed by atoms with van der Waals surface area (Å²) < 4.78 is 12.5. The van der Waals surface area contributed by atoms with E-state index in [2.05, 4.69) is 36.5 Å². The Morgan fingerprint density at radius 3 is 2.26 bits per heavy atom. The van der Waals surface area contributed by atoms with Crippen molar-refractivity contribution in [1.29, 1.82) is 0 Å². The van der Waals surface area contributed by atoms with E-state index in [1.165, 1.54) is 10.1 Å². The molecule has 6 nitrogen and oxygen atoms in total. The lowest BCUT2D eigenvalue weighted by Gasteiger charge is -2.16. The molecule has 0 bridgehead atoms. The van der Waals surface area contributed by atoms with Crippen LogP contribution in [0.4, 0.5) is 5.69 Å². The molecule has 0 unspecified atom stereocenters. The topological polar surface area (TPSA) is 69.6 Å². The maximum atomic E-state index is 13.6. The third-order valence-corrected chi connectivity index (χ3v) is 6.20. The maximum absolute atomic E-state index is 13.6. The number of ether oxygens (including phenoxy) is 2. The summed E-state index contributed by atoms with van der Waals surface area (Å²) in [5, 5.41) is 3.74. The van der Waals surface area contributed by atoms with E-state index >= 15 is 0 Å². The lowest BCUT2D eigenvalue weighted by Crippen LogP contribution is -2.30. The van der Waals surface area contributed by atoms with E-state index < -0.39 is 0 Å². The van der Waals surface area contributed by atoms with Crippen LogP contribution < -0.4 is 20.3 Å². The second-order valence-electron chi connectivity index (χ2n) is 8.68. The number of hydrogen-bond donors (Lipinski definition) is 1. The van der Waals surface area contributed by atoms with Crippen LogP contribution in [-0.4, -0.2) is 24.7 Å². The van der Waals surface area contributed by atoms with Crippen molar-refractivity contribution in [1.82, 2.24) is 4.57 Å². The number of nitrogens with one attached hydrogen (secondary N) is 1. The normalized spacial score (nSPS) is 10.9. The van der Waals surface area contributed by atoms with Crippen molar-refractivity contribution >= 4 is 22.5 Å². The molecule has 35 heavy (non-hydrogen) atoms. The van der Waals surface area contributed by atoms with Gasteiger partial charge in [0.2, 0.25) is 5.91 Å². The Kier molecular flexibility index (Phi) is 7.20. The summed E-state index contributed by atoms with van der Waals surface area (Å²) in [6.45, 7) is 3.87. The minimum atomic E-state index is -0.270. The number of fused-ring (bicyclic) bond motifs is 1. The molecule has 1 aromatic heterocycles. The molecule has 0 spiro atoms. The molecule has 1 amide bonds. The molecule has 4 rings (SSSR count). The van der Waals surface area contributed by atoms with Gasteiger partial charge in [-0.15, -0.1) is 0 Å². The Balaban J connectivity index is 1.73. The molecular weight excluding hydrogens is 440 g/mol. The van der Waals surface area contributed by atoms with E-state index in [1.807, 2.05) is 43.3 Å². The second-order valence-corrected chi connectivity index (χ2v) is 8.68. The first-order valence-corrected chi connectivity index (χ1v) is 11.6. The van der Waals surface area contributed by atoms with Gasteiger partial charge in [-0.05, 0) is 56.0 Å². The largest absolute Gasteiger partial charge is 0.493 e. The number of carbonyl (C=O) groups is 1. The van der Waals surface area contributed by atoms with E-state index in [9.17, 15) is 9.59 Å². The van der Waals surface area contributed by atoms with Gasteiger partial charge in [0, 0.05) is 22.7 Å². The van der Waals surface area contributed by atoms with Crippen LogP contribution in [0.1, 0.15) is 22.3 Å². The number of para-hydroxylation sites is 1. The monoisotopic (exact) mass is 470 g/mol. The van der Waals surface area contributed by atoms with E-state index in [4.69, 9.17) is 9.47 Å². The predicted molar refractivity (Wildman–Crippen MR) is 140 cm³/mol. The Morgan fingerprint density at radius 1 is 0.886 bits per heavy atom. The maximum Gasteiger partial charge on any atom is 0.254 e. The Hall–Kier alpha value is -4.06. The zero-order valence-corrected chi connectivity index (χ0v) is 20.6. The van der Waals surface area contributed by atoms with Crippen LogP contribution in [-0.2, 0) is 24.2 Å². The van der Waals surface area contributed by atoms with Crippen molar-refractivity contribution in [2.75, 3.05) is 19.5 Å². The average Bonchev–Trinajstić information content (AvgIpc) is 2.86. The van der Waals surface area contributed by atoms with Gasteiger partial charge in [-0.25, -0.2) is 0 Å². The van der Waals surface area contributed by atoms with Gasteiger partial charge in [-0.3, -0.25) is 14.2 Å². The zero-order chi connectivity index (χ0) is 24.9. The third-order valence-electron chi connectivity index (χ3n) is 6.20. The molecule has 180 valence electrons. The summed E-state index contributed by atoms with van der Waals surface area (Å²) >= 11 is 0. The first-order valence-electron chi connectivity index (χ1n) is 11.6. The van der Waals surface area contributed by atoms with Gasteiger partial charge >= 0.3 is 0 Å². The van der Waals surface area contributed by atoms with Crippen molar-refractivity contribution in [3.05, 3.63) is 99.3 Å². The fraction of sp³-hybridized carbons (Fsp3) is 0.241. The number of amides is 1. The number of benzene rings is 3. The Morgan fingerprint density at radius 2 is 1.57 bits per heavy atom. The molecule has 0 aliphatic rings. The molecule has 0 fully saturated rings. The van der Waals surface area contributed by atoms with Crippen molar-refractivity contribution in [3.8, 4) is 11.5 Å². The molecule has 0 radical (unpaired) electrons. The van der Waals surface area contributed by atoms with Gasteiger partial charge in [0.05, 0.1) is 19.7 Å². The van der Waals surface area contributed by atoms with E-state index in [-0.39, 0.29) is 18.0 Å². The summed E-state index contributed by atoms with van der Waals surface area (Å²) in [6.07, 6.45) is 1.29. The van der Waals surface area contributed by atoms with Crippen molar-refractivity contribution in [3.63, 3.8) is 0 Å². The molecule has 0 aliphatic heterocycles. The lowest BCUT2D eigenvalue weighted by atomic mass is 10.0. The number of aromatic nitrogens is 1. The fourth-order valence-electron chi connectivity index (χ4n) is 4.18. The molecule has 4 aromatic rings. The van der Waals surface area contributed by atoms with Crippen molar-refractivity contribution in [2.24, 2.45) is 0 Å². The molecular formula is C29H30N2O4. The number of rotatable bonds is 8. The molecule has 1 N–H and O–H groups in total. The van der Waals surface area contributed by atoms with Gasteiger partial charge in [-0.1, -0.05) is 48.0 Å². The smallest absolute Gasteiger partial charge is 0.254 e. The summed E-state index contributed by atoms with van der Waals surface area (Å²) in [5.41, 5.74) is 5.12. The summed E-state index contributed by atoms with van der Waals surface area (Å²) in [5.74, 6) is 0.798. The standard InChI is InChI=1S/C29H30N2O4/c1-19-9-11-21(12-10-19)13-14-22-15-23-16-26(34-3)27(35-4)17-25(23)31(29(22)33)18-28(32)30-24-8-6-5-7-20(24)2/h5-12,15-17H,13-14,18H2,1-4H3,(H,30,32). The minimum Gasteiger partial charge on any atom is -0.493 e. The quantitative estimate of drug-likeness (QED) is 0.391. The molecule has 0 aliphatic carbocycles. The Labute approximate surface area is 205 Å². The van der Waals surface area contributed by atoms with Crippen LogP contribution in [0, 0.1) is 13.8 Å². The summed E-state index contributed by atoms with van der Waals surface area (Å²) in [4.78, 5) is 26.6. The lowest BCUT2D eigenvalue weighted by molar-refractivity contribution is -0.116. The number of aryl methyl sites for hydroxylation is 4. The van der Waals surface area contributed by atoms with Crippen molar-refractivity contribution < 1.29 is 14.3 Å². The number of anilines is 1. The minimum absolute atomic E-state index is 0.114. The summed E-state index contributed by atoms with van der Waals surface area (Å²) in [6, 6.07) is 21.4. The van der Waals surface area contributed by atoms with Gasteiger partial charge in [0.1, 0.15) is 6.54 Å². The van der Waals surface area contributed by atoms with Crippen LogP contribution in [0.3, 0.4) is 0 Å². The zero-order valence-electron chi connectivity index (χ0n) is 20.6. The van der Waals surface area contributed by atoms with Crippen LogP contribution in [0.25, 0.3) is 10.9 Å². The number of carbonyl (C=O) groups excluding carboxylic acids is 1. The first-order chi connectivity index (χ1) is 16.9. The Bertz CT molecular complexity index is 1420. The van der Waals surface area contributed by atoms with Gasteiger partial charge in [0.15, 0.2) is 11.5 Å². The predicted octanol–water partition coefficient (Wildman–Crippen LogP) is 5.06. The van der Waals surface area contributed by atoms with Gasteiger partial charge in [-0.2, -0.15) is 0 Å². The van der Waals surface area contributed by atoms with Crippen molar-refractivity contribution in [2.45, 2.75) is 33.2 Å².